The van der Waals surface area contributed by atoms with E-state index in [1.165, 1.54) is 123 Å². The lowest BCUT2D eigenvalue weighted by atomic mass is 9.47. The van der Waals surface area contributed by atoms with E-state index in [1.807, 2.05) is 0 Å². The van der Waals surface area contributed by atoms with Crippen molar-refractivity contribution in [3.63, 3.8) is 0 Å². The van der Waals surface area contributed by atoms with Crippen molar-refractivity contribution in [3.05, 3.63) is 109 Å². The van der Waals surface area contributed by atoms with Crippen molar-refractivity contribution >= 4 is 15.5 Å². The zero-order chi connectivity index (χ0) is 72.8. The Hall–Kier alpha value is -4.40. The molecule has 8 fully saturated rings. The molecule has 10 aliphatic rings. The highest BCUT2D eigenvalue weighted by atomic mass is 31.2. The summed E-state index contributed by atoms with van der Waals surface area (Å²) in [5.41, 5.74) is 20.9. The predicted octanol–water partition coefficient (Wildman–Crippen LogP) is 16.9. The van der Waals surface area contributed by atoms with Crippen molar-refractivity contribution in [1.82, 2.24) is 29.3 Å². The second-order valence-electron chi connectivity index (χ2n) is 35.2. The highest BCUT2D eigenvalue weighted by molar-refractivity contribution is 7.52. The number of aryl methyl sites for hydroxylation is 2. The number of fused-ring (bicyclic) bond motifs is 10. The molecule has 566 valence electrons. The first kappa shape index (κ1) is 77.2. The summed E-state index contributed by atoms with van der Waals surface area (Å²) in [5.74, 6) is 8.04. The quantitative estimate of drug-likeness (QED) is 0.0147. The lowest BCUT2D eigenvalue weighted by Gasteiger charge is -2.58. The fraction of sp³-hybridized carbons (Fsp3) is 0.842. The minimum absolute atomic E-state index is 0.0401. The third-order valence-corrected chi connectivity index (χ3v) is 31.7. The molecule has 2 aromatic heterocycles. The normalized spacial score (nSPS) is 38.0. The van der Waals surface area contributed by atoms with Crippen LogP contribution in [0.2, 0.25) is 0 Å². The summed E-state index contributed by atoms with van der Waals surface area (Å²) >= 11 is 0. The molecule has 2 aromatic rings. The number of nitrogens with one attached hydrogen (secondary N) is 4. The summed E-state index contributed by atoms with van der Waals surface area (Å²) < 4.78 is 73.3. The van der Waals surface area contributed by atoms with Crippen LogP contribution in [-0.4, -0.2) is 81.9 Å². The highest BCUT2D eigenvalue weighted by Gasteiger charge is 2.62. The summed E-state index contributed by atoms with van der Waals surface area (Å²) in [6.07, 6.45) is 27.0. The van der Waals surface area contributed by atoms with Gasteiger partial charge in [-0.05, 0) is 220 Å². The van der Waals surface area contributed by atoms with E-state index in [4.69, 9.17) is 27.6 Å². The van der Waals surface area contributed by atoms with Gasteiger partial charge in [-0.15, -0.1) is 0 Å². The zero-order valence-corrected chi connectivity index (χ0v) is 64.8. The Balaban J connectivity index is 0.770. The Morgan fingerprint density at radius 1 is 0.578 bits per heavy atom. The van der Waals surface area contributed by atoms with Gasteiger partial charge in [0.05, 0.1) is 49.7 Å². The average Bonchev–Trinajstić information content (AvgIpc) is 1.37. The summed E-state index contributed by atoms with van der Waals surface area (Å²) in [5, 5.41) is 14.3. The second kappa shape index (κ2) is 31.4. The SMILES string of the molecule is Cc1cn([C@H]2C[C@H](N=[N+]=[N-])[C@@H](COP(=O)(NCCNP(=O)(OC[C@H]3O[C@@H](n4cc(C)c(=O)[nH]c4=O)C[C@@H]3N=[N+]=[N-])O[C@H]3CC[C@@]4(C)C(=CC[C@H]5[C@@H]6CC[C@H]([C@H](C)CCCC(C)C)[C@@]6(C)CC[C@@H]54)C3)O[C@H]3CC[C@@]4(C)C(=CC[C@H]5[C@@H]6CC[C@H]([C@H](C)CCCC(C)C)[C@@]6(C)CC[C@@H]54)C3)O2)c(=O)[nH]c1=O. The van der Waals surface area contributed by atoms with E-state index in [-0.39, 0.29) is 61.1 Å². The molecule has 24 atom stereocenters. The number of hydrogen-bond donors (Lipinski definition) is 4. The molecular weight excluding hydrogens is 1330 g/mol. The molecule has 0 amide bonds. The Kier molecular flexibility index (Phi) is 23.8. The zero-order valence-electron chi connectivity index (χ0n) is 63.0. The van der Waals surface area contributed by atoms with Gasteiger partial charge in [0.25, 0.3) is 11.1 Å². The number of aromatic nitrogens is 4. The number of hydrogen-bond acceptors (Lipinski definition) is 14. The molecule has 4 N–H and O–H groups in total. The summed E-state index contributed by atoms with van der Waals surface area (Å²) in [4.78, 5) is 61.9. The molecule has 4 heterocycles. The van der Waals surface area contributed by atoms with E-state index in [9.17, 15) is 30.2 Å². The van der Waals surface area contributed by atoms with E-state index in [0.717, 1.165) is 49.4 Å². The molecule has 6 saturated carbocycles. The number of rotatable bonds is 29. The van der Waals surface area contributed by atoms with Crippen LogP contribution in [0.5, 0.6) is 0 Å². The topological polar surface area (TPSA) is 321 Å². The van der Waals surface area contributed by atoms with Crippen molar-refractivity contribution in [1.29, 1.82) is 0 Å². The molecule has 0 aromatic carbocycles. The lowest BCUT2D eigenvalue weighted by Crippen LogP contribution is -2.51. The van der Waals surface area contributed by atoms with Crippen LogP contribution in [0, 0.1) is 107 Å². The monoisotopic (exact) mass is 1450 g/mol. The predicted molar refractivity (Wildman–Crippen MR) is 394 cm³/mol. The van der Waals surface area contributed by atoms with Gasteiger partial charge in [0.15, 0.2) is 0 Å². The number of aromatic amines is 2. The van der Waals surface area contributed by atoms with Crippen molar-refractivity contribution in [2.24, 2.45) is 103 Å². The van der Waals surface area contributed by atoms with Gasteiger partial charge >= 0.3 is 26.9 Å². The number of allylic oxidation sites excluding steroid dienone is 2. The Bertz CT molecular complexity index is 3620. The van der Waals surface area contributed by atoms with Crippen molar-refractivity contribution in [3.8, 4) is 0 Å². The maximum Gasteiger partial charge on any atom is 0.405 e. The number of nitrogens with zero attached hydrogens (tertiary/aromatic N) is 8. The second-order valence-corrected chi connectivity index (χ2v) is 38.7. The molecule has 0 bridgehead atoms. The number of ether oxygens (including phenoxy) is 2. The minimum Gasteiger partial charge on any atom is -0.352 e. The molecule has 2 aliphatic heterocycles. The molecule has 102 heavy (non-hydrogen) atoms. The third kappa shape index (κ3) is 15.8. The van der Waals surface area contributed by atoms with Gasteiger partial charge < -0.3 is 9.47 Å². The first-order chi connectivity index (χ1) is 48.5. The smallest absolute Gasteiger partial charge is 0.352 e. The molecular formula is C76H120N12O12P2. The molecule has 2 unspecified atom stereocenters. The maximum absolute atomic E-state index is 15.8. The molecule has 0 spiro atoms. The molecule has 0 radical (unpaired) electrons. The first-order valence-corrected chi connectivity index (χ1v) is 42.4. The van der Waals surface area contributed by atoms with Crippen LogP contribution in [0.15, 0.2) is 65.1 Å². The molecule has 12 rings (SSSR count). The minimum atomic E-state index is -4.37. The van der Waals surface area contributed by atoms with Gasteiger partial charge in [0.2, 0.25) is 0 Å². The van der Waals surface area contributed by atoms with E-state index in [2.05, 4.69) is 122 Å². The standard InChI is InChI=1S/C76H120N12O12P2/c1-45(2)15-13-17-47(5)57-23-25-59-55-21-19-51-37-53(27-31-73(51,9)61(55)29-33-75(57,59)11)99-101(93,95-43-65-63(83-85-77)39-67(97-65)87-41-49(7)69(89)81-71(87)91)79-35-36-80-102(94,96-44-66-64(84-86-78)40-68(98-66)88-42-50(8)70(90)82-72(88)92)100-54-28-32-74(10)52(38-54)20-22-56-60-26-24-58(48(6)18-14-16-46(3)4)76(60,12)34-30-62(56)74/h19-20,41-42,45-48,53-68H,13-18,21-40,43-44H2,1-12H3,(H,79,93)(H,80,94)(H,81,89,91)(H,82,90,92)/t47-,48-,53+,54+,55+,56+,57-,58-,59+,60+,61+,62+,63+,64+,65-,66-,67-,68-,73+,74+,75-,76-,101?,102?/m1/s1. The van der Waals surface area contributed by atoms with Crippen LogP contribution >= 0.6 is 15.5 Å². The van der Waals surface area contributed by atoms with Gasteiger partial charge in [-0.2, -0.15) is 0 Å². The Morgan fingerprint density at radius 3 is 1.36 bits per heavy atom. The van der Waals surface area contributed by atoms with Crippen molar-refractivity contribution in [2.75, 3.05) is 26.3 Å². The fourth-order valence-electron chi connectivity index (χ4n) is 22.9. The third-order valence-electron chi connectivity index (χ3n) is 28.4. The molecule has 2 saturated heterocycles. The van der Waals surface area contributed by atoms with Gasteiger partial charge in [0.1, 0.15) is 12.5 Å². The van der Waals surface area contributed by atoms with Gasteiger partial charge in [-0.25, -0.2) is 28.9 Å². The maximum atomic E-state index is 15.8. The van der Waals surface area contributed by atoms with Crippen LogP contribution in [0.4, 0.5) is 0 Å². The summed E-state index contributed by atoms with van der Waals surface area (Å²) in [6.45, 7) is 26.6. The van der Waals surface area contributed by atoms with Crippen LogP contribution in [0.25, 0.3) is 20.9 Å². The lowest BCUT2D eigenvalue weighted by molar-refractivity contribution is -0.0575. The first-order valence-electron chi connectivity index (χ1n) is 39.3. The van der Waals surface area contributed by atoms with Crippen molar-refractivity contribution in [2.45, 2.75) is 286 Å². The van der Waals surface area contributed by atoms with Crippen LogP contribution < -0.4 is 32.7 Å². The summed E-state index contributed by atoms with van der Waals surface area (Å²) in [7, 11) is -8.75. The van der Waals surface area contributed by atoms with Crippen LogP contribution in [0.1, 0.15) is 247 Å². The van der Waals surface area contributed by atoms with E-state index in [1.54, 1.807) is 13.8 Å². The average molecular weight is 1460 g/mol. The highest BCUT2D eigenvalue weighted by Crippen LogP contribution is 2.70. The largest absolute Gasteiger partial charge is 0.405 e. The Morgan fingerprint density at radius 2 is 0.980 bits per heavy atom. The van der Waals surface area contributed by atoms with Crippen LogP contribution in [0.3, 0.4) is 0 Å². The summed E-state index contributed by atoms with van der Waals surface area (Å²) in [6, 6.07) is -1.71. The number of azide groups is 2. The van der Waals surface area contributed by atoms with Crippen molar-refractivity contribution < 1.29 is 36.7 Å². The van der Waals surface area contributed by atoms with Gasteiger partial charge in [0, 0.05) is 59.3 Å². The number of H-pyrrole nitrogens is 2. The van der Waals surface area contributed by atoms with E-state index >= 15 is 9.13 Å². The Labute approximate surface area is 603 Å². The molecule has 24 nitrogen and oxygen atoms in total. The van der Waals surface area contributed by atoms with E-state index in [0.29, 0.717) is 83.9 Å². The molecule has 8 aliphatic carbocycles. The van der Waals surface area contributed by atoms with E-state index < -0.39 is 86.9 Å². The van der Waals surface area contributed by atoms with Gasteiger partial charge in [-0.1, -0.05) is 141 Å². The molecule has 26 heteroatoms. The van der Waals surface area contributed by atoms with Gasteiger partial charge in [-0.3, -0.25) is 46.8 Å². The fourth-order valence-corrected chi connectivity index (χ4v) is 25.9. The van der Waals surface area contributed by atoms with Crippen LogP contribution in [-0.2, 0) is 36.7 Å².